The van der Waals surface area contributed by atoms with Gasteiger partial charge in [-0.3, -0.25) is 9.78 Å². The molecule has 0 aromatic carbocycles. The third-order valence-corrected chi connectivity index (χ3v) is 3.79. The zero-order chi connectivity index (χ0) is 14.8. The molecule has 110 valence electrons. The van der Waals surface area contributed by atoms with Gasteiger partial charge in [-0.1, -0.05) is 5.16 Å². The fraction of sp³-hybridized carbons (Fsp3) is 0.467. The van der Waals surface area contributed by atoms with E-state index >= 15 is 0 Å². The Kier molecular flexibility index (Phi) is 3.68. The van der Waals surface area contributed by atoms with Crippen LogP contribution in [0.1, 0.15) is 41.2 Å². The molecule has 0 saturated heterocycles. The summed E-state index contributed by atoms with van der Waals surface area (Å²) in [7, 11) is 0. The lowest BCUT2D eigenvalue weighted by Gasteiger charge is -2.14. The quantitative estimate of drug-likeness (QED) is 0.935. The number of hydrogen-bond donors (Lipinski definition) is 1. The minimum absolute atomic E-state index is 0.130. The standard InChI is InChI=1S/C15H18N4O2/c1-9-11(10(2)21-19-9)7-15(20)18-14-8-16-12-5-3-4-6-13(12)17-14/h8H,3-7H2,1-2H3,(H,17,18,20). The Morgan fingerprint density at radius 1 is 1.29 bits per heavy atom. The van der Waals surface area contributed by atoms with Gasteiger partial charge in [0, 0.05) is 5.56 Å². The van der Waals surface area contributed by atoms with Crippen LogP contribution in [0, 0.1) is 13.8 Å². The van der Waals surface area contributed by atoms with E-state index in [2.05, 4.69) is 20.4 Å². The molecule has 2 aromatic rings. The van der Waals surface area contributed by atoms with Gasteiger partial charge in [-0.05, 0) is 39.5 Å². The van der Waals surface area contributed by atoms with Crippen molar-refractivity contribution < 1.29 is 9.32 Å². The fourth-order valence-corrected chi connectivity index (χ4v) is 2.61. The van der Waals surface area contributed by atoms with E-state index in [0.717, 1.165) is 41.9 Å². The predicted octanol–water partition coefficient (Wildman–Crippen LogP) is 2.14. The minimum atomic E-state index is -0.130. The molecule has 0 bridgehead atoms. The van der Waals surface area contributed by atoms with Crippen molar-refractivity contribution in [1.82, 2.24) is 15.1 Å². The van der Waals surface area contributed by atoms with Crippen molar-refractivity contribution >= 4 is 11.7 Å². The first kappa shape index (κ1) is 13.7. The van der Waals surface area contributed by atoms with Crippen LogP contribution in [0.15, 0.2) is 10.7 Å². The molecular formula is C15H18N4O2. The predicted molar refractivity (Wildman–Crippen MR) is 77.0 cm³/mol. The highest BCUT2D eigenvalue weighted by atomic mass is 16.5. The highest BCUT2D eigenvalue weighted by Crippen LogP contribution is 2.19. The Balaban J connectivity index is 1.70. The molecule has 2 aromatic heterocycles. The van der Waals surface area contributed by atoms with Crippen LogP contribution in [-0.2, 0) is 24.1 Å². The Morgan fingerprint density at radius 3 is 2.76 bits per heavy atom. The van der Waals surface area contributed by atoms with E-state index < -0.39 is 0 Å². The van der Waals surface area contributed by atoms with Crippen molar-refractivity contribution in [3.63, 3.8) is 0 Å². The second-order valence-corrected chi connectivity index (χ2v) is 5.38. The first-order chi connectivity index (χ1) is 10.1. The molecule has 6 nitrogen and oxygen atoms in total. The van der Waals surface area contributed by atoms with Crippen LogP contribution in [0.5, 0.6) is 0 Å². The number of carbonyl (C=O) groups excluding carboxylic acids is 1. The van der Waals surface area contributed by atoms with Gasteiger partial charge in [0.05, 0.1) is 29.7 Å². The van der Waals surface area contributed by atoms with Gasteiger partial charge in [-0.15, -0.1) is 0 Å². The molecule has 0 atom stereocenters. The Morgan fingerprint density at radius 2 is 2.05 bits per heavy atom. The number of fused-ring (bicyclic) bond motifs is 1. The molecule has 0 aliphatic heterocycles. The Hall–Kier alpha value is -2.24. The fourth-order valence-electron chi connectivity index (χ4n) is 2.61. The smallest absolute Gasteiger partial charge is 0.230 e. The number of nitrogens with zero attached hydrogens (tertiary/aromatic N) is 3. The van der Waals surface area contributed by atoms with Gasteiger partial charge < -0.3 is 9.84 Å². The third kappa shape index (κ3) is 2.94. The molecule has 1 aliphatic carbocycles. The summed E-state index contributed by atoms with van der Waals surface area (Å²) >= 11 is 0. The largest absolute Gasteiger partial charge is 0.361 e. The van der Waals surface area contributed by atoms with Crippen molar-refractivity contribution in [3.05, 3.63) is 34.6 Å². The minimum Gasteiger partial charge on any atom is -0.361 e. The van der Waals surface area contributed by atoms with Crippen molar-refractivity contribution in [2.75, 3.05) is 5.32 Å². The first-order valence-corrected chi connectivity index (χ1v) is 7.20. The number of nitrogens with one attached hydrogen (secondary N) is 1. The van der Waals surface area contributed by atoms with Crippen LogP contribution >= 0.6 is 0 Å². The molecule has 21 heavy (non-hydrogen) atoms. The Labute approximate surface area is 123 Å². The molecule has 1 N–H and O–H groups in total. The summed E-state index contributed by atoms with van der Waals surface area (Å²) in [6, 6.07) is 0. The zero-order valence-corrected chi connectivity index (χ0v) is 12.3. The summed E-state index contributed by atoms with van der Waals surface area (Å²) in [5.74, 6) is 1.07. The normalized spacial score (nSPS) is 13.8. The molecule has 0 unspecified atom stereocenters. The molecule has 0 spiro atoms. The summed E-state index contributed by atoms with van der Waals surface area (Å²) < 4.78 is 5.06. The maximum atomic E-state index is 12.1. The maximum Gasteiger partial charge on any atom is 0.230 e. The number of aromatic nitrogens is 3. The van der Waals surface area contributed by atoms with Crippen molar-refractivity contribution in [1.29, 1.82) is 0 Å². The summed E-state index contributed by atoms with van der Waals surface area (Å²) in [5, 5.41) is 6.65. The van der Waals surface area contributed by atoms with E-state index in [-0.39, 0.29) is 12.3 Å². The average molecular weight is 286 g/mol. The van der Waals surface area contributed by atoms with E-state index in [1.807, 2.05) is 6.92 Å². The molecule has 1 amide bonds. The topological polar surface area (TPSA) is 80.9 Å². The molecular weight excluding hydrogens is 268 g/mol. The van der Waals surface area contributed by atoms with Crippen LogP contribution in [0.3, 0.4) is 0 Å². The number of carbonyl (C=O) groups is 1. The van der Waals surface area contributed by atoms with Gasteiger partial charge in [0.2, 0.25) is 5.91 Å². The molecule has 0 fully saturated rings. The number of aryl methyl sites for hydroxylation is 4. The van der Waals surface area contributed by atoms with Crippen molar-refractivity contribution in [2.24, 2.45) is 0 Å². The summed E-state index contributed by atoms with van der Waals surface area (Å²) in [5.41, 5.74) is 3.65. The lowest BCUT2D eigenvalue weighted by atomic mass is 10.0. The maximum absolute atomic E-state index is 12.1. The van der Waals surface area contributed by atoms with Gasteiger partial charge in [0.15, 0.2) is 5.82 Å². The van der Waals surface area contributed by atoms with E-state index in [4.69, 9.17) is 4.52 Å². The van der Waals surface area contributed by atoms with Crippen LogP contribution in [0.4, 0.5) is 5.82 Å². The third-order valence-electron chi connectivity index (χ3n) is 3.79. The van der Waals surface area contributed by atoms with E-state index in [1.165, 1.54) is 6.42 Å². The first-order valence-electron chi connectivity index (χ1n) is 7.20. The summed E-state index contributed by atoms with van der Waals surface area (Å²) in [4.78, 5) is 21.0. The molecule has 0 saturated carbocycles. The number of rotatable bonds is 3. The van der Waals surface area contributed by atoms with Gasteiger partial charge in [0.1, 0.15) is 5.76 Å². The number of amides is 1. The van der Waals surface area contributed by atoms with Crippen molar-refractivity contribution in [3.8, 4) is 0 Å². The molecule has 0 radical (unpaired) electrons. The van der Waals surface area contributed by atoms with Gasteiger partial charge in [0.25, 0.3) is 0 Å². The summed E-state index contributed by atoms with van der Waals surface area (Å²) in [6.07, 6.45) is 6.10. The number of hydrogen-bond acceptors (Lipinski definition) is 5. The van der Waals surface area contributed by atoms with Crippen LogP contribution in [0.25, 0.3) is 0 Å². The lowest BCUT2D eigenvalue weighted by Crippen LogP contribution is -2.18. The SMILES string of the molecule is Cc1noc(C)c1CC(=O)Nc1cnc2c(n1)CCCC2. The molecule has 1 aliphatic rings. The second-order valence-electron chi connectivity index (χ2n) is 5.38. The van der Waals surface area contributed by atoms with Crippen LogP contribution in [0.2, 0.25) is 0 Å². The number of anilines is 1. The highest BCUT2D eigenvalue weighted by Gasteiger charge is 2.16. The lowest BCUT2D eigenvalue weighted by molar-refractivity contribution is -0.115. The van der Waals surface area contributed by atoms with E-state index in [9.17, 15) is 4.79 Å². The van der Waals surface area contributed by atoms with Crippen LogP contribution < -0.4 is 5.32 Å². The second kappa shape index (κ2) is 5.63. The molecule has 2 heterocycles. The van der Waals surface area contributed by atoms with E-state index in [0.29, 0.717) is 11.6 Å². The van der Waals surface area contributed by atoms with Gasteiger partial charge in [-0.25, -0.2) is 4.98 Å². The summed E-state index contributed by atoms with van der Waals surface area (Å²) in [6.45, 7) is 3.64. The zero-order valence-electron chi connectivity index (χ0n) is 12.3. The highest BCUT2D eigenvalue weighted by molar-refractivity contribution is 5.91. The van der Waals surface area contributed by atoms with Crippen molar-refractivity contribution in [2.45, 2.75) is 46.0 Å². The molecule has 3 rings (SSSR count). The van der Waals surface area contributed by atoms with E-state index in [1.54, 1.807) is 13.1 Å². The monoisotopic (exact) mass is 286 g/mol. The Bertz CT molecular complexity index is 659. The average Bonchev–Trinajstić information content (AvgIpc) is 2.79. The van der Waals surface area contributed by atoms with Gasteiger partial charge >= 0.3 is 0 Å². The molecule has 6 heteroatoms. The van der Waals surface area contributed by atoms with Crippen LogP contribution in [-0.4, -0.2) is 21.0 Å². The van der Waals surface area contributed by atoms with Gasteiger partial charge in [-0.2, -0.15) is 0 Å².